The SMILES string of the molecule is Clc1ccc(CCNC2CCCC2C2COCCN2)cc1. The molecule has 1 aliphatic carbocycles. The van der Waals surface area contributed by atoms with Crippen molar-refractivity contribution < 1.29 is 4.74 Å². The Morgan fingerprint density at radius 1 is 1.24 bits per heavy atom. The van der Waals surface area contributed by atoms with E-state index in [0.717, 1.165) is 43.7 Å². The van der Waals surface area contributed by atoms with Crippen molar-refractivity contribution in [3.8, 4) is 0 Å². The maximum Gasteiger partial charge on any atom is 0.0623 e. The van der Waals surface area contributed by atoms with Gasteiger partial charge in [-0.05, 0) is 49.4 Å². The first-order valence-electron chi connectivity index (χ1n) is 8.12. The quantitative estimate of drug-likeness (QED) is 0.877. The van der Waals surface area contributed by atoms with Gasteiger partial charge in [0.05, 0.1) is 13.2 Å². The van der Waals surface area contributed by atoms with Crippen LogP contribution in [0.2, 0.25) is 5.02 Å². The molecule has 0 bridgehead atoms. The van der Waals surface area contributed by atoms with E-state index in [1.807, 2.05) is 12.1 Å². The molecule has 2 N–H and O–H groups in total. The molecule has 1 saturated carbocycles. The molecule has 1 aliphatic heterocycles. The van der Waals surface area contributed by atoms with E-state index in [4.69, 9.17) is 16.3 Å². The predicted molar refractivity (Wildman–Crippen MR) is 86.9 cm³/mol. The van der Waals surface area contributed by atoms with Gasteiger partial charge >= 0.3 is 0 Å². The van der Waals surface area contributed by atoms with Crippen LogP contribution in [-0.4, -0.2) is 38.4 Å². The largest absolute Gasteiger partial charge is 0.379 e. The fourth-order valence-electron chi connectivity index (χ4n) is 3.64. The van der Waals surface area contributed by atoms with Gasteiger partial charge in [-0.1, -0.05) is 30.2 Å². The Balaban J connectivity index is 1.46. The van der Waals surface area contributed by atoms with E-state index in [2.05, 4.69) is 22.8 Å². The highest BCUT2D eigenvalue weighted by molar-refractivity contribution is 6.30. The molecule has 3 unspecified atom stereocenters. The second kappa shape index (κ2) is 7.59. The molecule has 0 radical (unpaired) electrons. The van der Waals surface area contributed by atoms with E-state index < -0.39 is 0 Å². The molecule has 2 fully saturated rings. The van der Waals surface area contributed by atoms with Gasteiger partial charge in [-0.2, -0.15) is 0 Å². The van der Waals surface area contributed by atoms with Crippen LogP contribution in [0, 0.1) is 5.92 Å². The first-order chi connectivity index (χ1) is 10.3. The third-order valence-corrected chi connectivity index (χ3v) is 5.02. The lowest BCUT2D eigenvalue weighted by molar-refractivity contribution is 0.0526. The zero-order valence-corrected chi connectivity index (χ0v) is 13.2. The van der Waals surface area contributed by atoms with Crippen LogP contribution in [0.15, 0.2) is 24.3 Å². The molecule has 0 spiro atoms. The summed E-state index contributed by atoms with van der Waals surface area (Å²) in [5.74, 6) is 0.718. The number of morpholine rings is 1. The van der Waals surface area contributed by atoms with Crippen molar-refractivity contribution in [2.45, 2.75) is 37.8 Å². The third kappa shape index (κ3) is 4.19. The first-order valence-corrected chi connectivity index (χ1v) is 8.50. The number of hydrogen-bond donors (Lipinski definition) is 2. The topological polar surface area (TPSA) is 33.3 Å². The summed E-state index contributed by atoms with van der Waals surface area (Å²) in [6, 6.07) is 9.35. The average molecular weight is 309 g/mol. The minimum absolute atomic E-state index is 0.536. The molecule has 3 atom stereocenters. The molecule has 21 heavy (non-hydrogen) atoms. The van der Waals surface area contributed by atoms with Crippen molar-refractivity contribution in [2.24, 2.45) is 5.92 Å². The molecular weight excluding hydrogens is 284 g/mol. The van der Waals surface area contributed by atoms with Crippen LogP contribution in [0.25, 0.3) is 0 Å². The van der Waals surface area contributed by atoms with Gasteiger partial charge in [0.1, 0.15) is 0 Å². The maximum atomic E-state index is 5.92. The Labute approximate surface area is 132 Å². The van der Waals surface area contributed by atoms with Crippen molar-refractivity contribution in [2.75, 3.05) is 26.3 Å². The monoisotopic (exact) mass is 308 g/mol. The molecule has 116 valence electrons. The Hall–Kier alpha value is -0.610. The summed E-state index contributed by atoms with van der Waals surface area (Å²) >= 11 is 5.92. The van der Waals surface area contributed by atoms with Crippen LogP contribution in [0.4, 0.5) is 0 Å². The second-order valence-corrected chi connectivity index (χ2v) is 6.60. The van der Waals surface area contributed by atoms with Gasteiger partial charge < -0.3 is 15.4 Å². The van der Waals surface area contributed by atoms with Crippen LogP contribution >= 0.6 is 11.6 Å². The summed E-state index contributed by atoms with van der Waals surface area (Å²) < 4.78 is 5.63. The molecule has 3 rings (SSSR count). The van der Waals surface area contributed by atoms with Gasteiger partial charge in [-0.25, -0.2) is 0 Å². The highest BCUT2D eigenvalue weighted by atomic mass is 35.5. The summed E-state index contributed by atoms with van der Waals surface area (Å²) in [7, 11) is 0. The van der Waals surface area contributed by atoms with Crippen molar-refractivity contribution in [3.63, 3.8) is 0 Å². The van der Waals surface area contributed by atoms with Crippen molar-refractivity contribution in [1.29, 1.82) is 0 Å². The summed E-state index contributed by atoms with van der Waals surface area (Å²) in [5.41, 5.74) is 1.35. The fraction of sp³-hybridized carbons (Fsp3) is 0.647. The summed E-state index contributed by atoms with van der Waals surface area (Å²) in [6.07, 6.45) is 5.01. The second-order valence-electron chi connectivity index (χ2n) is 6.17. The maximum absolute atomic E-state index is 5.92. The number of benzene rings is 1. The molecule has 1 aromatic carbocycles. The standard InChI is InChI=1S/C17H25ClN2O/c18-14-6-4-13(5-7-14)8-9-19-16-3-1-2-15(16)17-12-21-11-10-20-17/h4-7,15-17,19-20H,1-3,8-12H2. The Bertz CT molecular complexity index is 431. The lowest BCUT2D eigenvalue weighted by Gasteiger charge is -2.33. The van der Waals surface area contributed by atoms with Crippen LogP contribution in [-0.2, 0) is 11.2 Å². The molecule has 2 aliphatic rings. The van der Waals surface area contributed by atoms with E-state index in [1.54, 1.807) is 0 Å². The minimum Gasteiger partial charge on any atom is -0.379 e. The van der Waals surface area contributed by atoms with Gasteiger partial charge in [-0.15, -0.1) is 0 Å². The van der Waals surface area contributed by atoms with E-state index in [-0.39, 0.29) is 0 Å². The van der Waals surface area contributed by atoms with Crippen LogP contribution in [0.1, 0.15) is 24.8 Å². The zero-order chi connectivity index (χ0) is 14.5. The van der Waals surface area contributed by atoms with Gasteiger partial charge in [0.15, 0.2) is 0 Å². The van der Waals surface area contributed by atoms with E-state index in [9.17, 15) is 0 Å². The van der Waals surface area contributed by atoms with Crippen LogP contribution in [0.5, 0.6) is 0 Å². The molecule has 4 heteroatoms. The Morgan fingerprint density at radius 3 is 2.86 bits per heavy atom. The van der Waals surface area contributed by atoms with Crippen molar-refractivity contribution in [3.05, 3.63) is 34.9 Å². The molecule has 0 amide bonds. The zero-order valence-electron chi connectivity index (χ0n) is 12.5. The first kappa shape index (κ1) is 15.3. The smallest absolute Gasteiger partial charge is 0.0623 e. The van der Waals surface area contributed by atoms with Crippen LogP contribution < -0.4 is 10.6 Å². The molecule has 3 nitrogen and oxygen atoms in total. The molecule has 1 aromatic rings. The molecule has 1 saturated heterocycles. The summed E-state index contributed by atoms with van der Waals surface area (Å²) in [5, 5.41) is 8.20. The minimum atomic E-state index is 0.536. The molecular formula is C17H25ClN2O. The normalized spacial score (nSPS) is 29.7. The van der Waals surface area contributed by atoms with E-state index in [0.29, 0.717) is 12.1 Å². The highest BCUT2D eigenvalue weighted by Crippen LogP contribution is 2.29. The highest BCUT2D eigenvalue weighted by Gasteiger charge is 2.34. The lowest BCUT2D eigenvalue weighted by atomic mass is 9.94. The van der Waals surface area contributed by atoms with Crippen LogP contribution in [0.3, 0.4) is 0 Å². The van der Waals surface area contributed by atoms with Crippen molar-refractivity contribution in [1.82, 2.24) is 10.6 Å². The Morgan fingerprint density at radius 2 is 2.10 bits per heavy atom. The van der Waals surface area contributed by atoms with Gasteiger partial charge in [0, 0.05) is 23.7 Å². The summed E-state index contributed by atoms with van der Waals surface area (Å²) in [4.78, 5) is 0. The lowest BCUT2D eigenvalue weighted by Crippen LogP contribution is -2.51. The van der Waals surface area contributed by atoms with Gasteiger partial charge in [-0.3, -0.25) is 0 Å². The predicted octanol–water partition coefficient (Wildman–Crippen LogP) is 2.63. The number of nitrogens with one attached hydrogen (secondary N) is 2. The van der Waals surface area contributed by atoms with E-state index in [1.165, 1.54) is 24.8 Å². The average Bonchev–Trinajstić information content (AvgIpc) is 2.99. The molecule has 1 heterocycles. The van der Waals surface area contributed by atoms with Crippen molar-refractivity contribution >= 4 is 11.6 Å². The number of hydrogen-bond acceptors (Lipinski definition) is 3. The van der Waals surface area contributed by atoms with E-state index >= 15 is 0 Å². The Kier molecular flexibility index (Phi) is 5.53. The van der Waals surface area contributed by atoms with Gasteiger partial charge in [0.25, 0.3) is 0 Å². The number of ether oxygens (including phenoxy) is 1. The number of rotatable bonds is 5. The van der Waals surface area contributed by atoms with Gasteiger partial charge in [0.2, 0.25) is 0 Å². The third-order valence-electron chi connectivity index (χ3n) is 4.77. The molecule has 0 aromatic heterocycles. The number of halogens is 1. The summed E-state index contributed by atoms with van der Waals surface area (Å²) in [6.45, 7) is 3.77. The fourth-order valence-corrected chi connectivity index (χ4v) is 3.76.